The molecule has 2 rings (SSSR count). The molecular weight excluding hydrogens is 225 g/mol. The fourth-order valence-corrected chi connectivity index (χ4v) is 2.57. The molecule has 2 atom stereocenters. The summed E-state index contributed by atoms with van der Waals surface area (Å²) in [5, 5.41) is 0.480. The van der Waals surface area contributed by atoms with Crippen LogP contribution in [0.4, 0.5) is 4.39 Å². The minimum absolute atomic E-state index is 0.123. The molecule has 1 aliphatic carbocycles. The van der Waals surface area contributed by atoms with Gasteiger partial charge in [0, 0.05) is 11.1 Å². The van der Waals surface area contributed by atoms with Crippen molar-refractivity contribution in [3.8, 4) is 0 Å². The number of rotatable bonds is 3. The minimum atomic E-state index is -0.297. The maximum Gasteiger partial charge on any atom is 0.124 e. The van der Waals surface area contributed by atoms with E-state index in [-0.39, 0.29) is 11.9 Å². The van der Waals surface area contributed by atoms with E-state index < -0.39 is 0 Å². The van der Waals surface area contributed by atoms with E-state index in [1.54, 1.807) is 6.07 Å². The Labute approximate surface area is 101 Å². The van der Waals surface area contributed by atoms with Crippen molar-refractivity contribution < 1.29 is 4.39 Å². The third-order valence-corrected chi connectivity index (χ3v) is 3.93. The summed E-state index contributed by atoms with van der Waals surface area (Å²) in [7, 11) is 0. The average molecular weight is 242 g/mol. The molecular formula is C13H17ClFN. The number of benzene rings is 1. The van der Waals surface area contributed by atoms with Crippen LogP contribution in [0.15, 0.2) is 18.2 Å². The summed E-state index contributed by atoms with van der Waals surface area (Å²) in [6.07, 6.45) is 1.90. The van der Waals surface area contributed by atoms with Gasteiger partial charge in [-0.1, -0.05) is 31.5 Å². The number of hydrogen-bond acceptors (Lipinski definition) is 1. The van der Waals surface area contributed by atoms with Crippen molar-refractivity contribution in [1.29, 1.82) is 0 Å². The summed E-state index contributed by atoms with van der Waals surface area (Å²) in [5.41, 5.74) is 7.45. The second kappa shape index (κ2) is 4.01. The van der Waals surface area contributed by atoms with Crippen molar-refractivity contribution in [1.82, 2.24) is 0 Å². The summed E-state index contributed by atoms with van der Waals surface area (Å²) < 4.78 is 12.9. The van der Waals surface area contributed by atoms with E-state index in [9.17, 15) is 4.39 Å². The summed E-state index contributed by atoms with van der Waals surface area (Å²) >= 11 is 5.97. The highest BCUT2D eigenvalue weighted by molar-refractivity contribution is 6.31. The van der Waals surface area contributed by atoms with Gasteiger partial charge in [0.25, 0.3) is 0 Å². The molecule has 1 aromatic carbocycles. The Morgan fingerprint density at radius 1 is 1.56 bits per heavy atom. The molecule has 1 fully saturated rings. The topological polar surface area (TPSA) is 26.0 Å². The molecule has 0 aromatic heterocycles. The first-order chi connectivity index (χ1) is 7.40. The molecule has 2 unspecified atom stereocenters. The summed E-state index contributed by atoms with van der Waals surface area (Å²) in [6, 6.07) is 4.64. The van der Waals surface area contributed by atoms with Crippen molar-refractivity contribution in [2.75, 3.05) is 0 Å². The van der Waals surface area contributed by atoms with Gasteiger partial charge in [-0.3, -0.25) is 0 Å². The molecule has 3 heteroatoms. The van der Waals surface area contributed by atoms with Crippen LogP contribution in [0.5, 0.6) is 0 Å². The zero-order valence-electron chi connectivity index (χ0n) is 9.63. The summed E-state index contributed by atoms with van der Waals surface area (Å²) in [5.74, 6) is 0.266. The molecule has 0 radical (unpaired) electrons. The van der Waals surface area contributed by atoms with E-state index in [0.29, 0.717) is 16.4 Å². The quantitative estimate of drug-likeness (QED) is 0.863. The Kier molecular flexibility index (Phi) is 2.97. The van der Waals surface area contributed by atoms with Gasteiger partial charge in [0.2, 0.25) is 0 Å². The molecule has 88 valence electrons. The predicted octanol–water partition coefficient (Wildman–Crippen LogP) is 3.40. The number of hydrogen-bond donors (Lipinski definition) is 1. The van der Waals surface area contributed by atoms with Crippen LogP contribution < -0.4 is 5.73 Å². The molecule has 16 heavy (non-hydrogen) atoms. The first-order valence-electron chi connectivity index (χ1n) is 5.59. The van der Waals surface area contributed by atoms with Crippen LogP contribution in [0.3, 0.4) is 0 Å². The van der Waals surface area contributed by atoms with Crippen LogP contribution in [-0.4, -0.2) is 6.04 Å². The SMILES string of the molecule is CC1(C)CC1C(N)Cc1ccc(F)cc1Cl. The molecule has 0 saturated heterocycles. The van der Waals surface area contributed by atoms with Crippen LogP contribution in [-0.2, 0) is 6.42 Å². The lowest BCUT2D eigenvalue weighted by molar-refractivity contribution is 0.476. The fraction of sp³-hybridized carbons (Fsp3) is 0.538. The van der Waals surface area contributed by atoms with Gasteiger partial charge in [-0.25, -0.2) is 4.39 Å². The average Bonchev–Trinajstić information content (AvgIpc) is 2.80. The minimum Gasteiger partial charge on any atom is -0.327 e. The summed E-state index contributed by atoms with van der Waals surface area (Å²) in [4.78, 5) is 0. The van der Waals surface area contributed by atoms with E-state index in [4.69, 9.17) is 17.3 Å². The van der Waals surface area contributed by atoms with Crippen LogP contribution >= 0.6 is 11.6 Å². The Bertz CT molecular complexity index is 403. The van der Waals surface area contributed by atoms with Crippen molar-refractivity contribution >= 4 is 11.6 Å². The largest absolute Gasteiger partial charge is 0.327 e. The lowest BCUT2D eigenvalue weighted by atomic mass is 9.98. The molecule has 0 aliphatic heterocycles. The normalized spacial score (nSPS) is 24.2. The van der Waals surface area contributed by atoms with Crippen molar-refractivity contribution in [3.63, 3.8) is 0 Å². The highest BCUT2D eigenvalue weighted by Gasteiger charge is 2.48. The van der Waals surface area contributed by atoms with Gasteiger partial charge in [-0.05, 0) is 41.9 Å². The smallest absolute Gasteiger partial charge is 0.124 e. The van der Waals surface area contributed by atoms with Crippen LogP contribution in [0.25, 0.3) is 0 Å². The second-order valence-electron chi connectivity index (χ2n) is 5.40. The van der Waals surface area contributed by atoms with E-state index in [1.807, 2.05) is 0 Å². The monoisotopic (exact) mass is 241 g/mol. The maximum atomic E-state index is 12.9. The molecule has 0 amide bonds. The molecule has 1 saturated carbocycles. The fourth-order valence-electron chi connectivity index (χ4n) is 2.32. The maximum absolute atomic E-state index is 12.9. The molecule has 0 heterocycles. The van der Waals surface area contributed by atoms with Crippen LogP contribution in [0.2, 0.25) is 5.02 Å². The lowest BCUT2D eigenvalue weighted by Gasteiger charge is -2.14. The zero-order valence-corrected chi connectivity index (χ0v) is 10.4. The van der Waals surface area contributed by atoms with E-state index >= 15 is 0 Å². The third-order valence-electron chi connectivity index (χ3n) is 3.58. The number of halogens is 2. The molecule has 1 aromatic rings. The van der Waals surface area contributed by atoms with Gasteiger partial charge in [0.05, 0.1) is 0 Å². The van der Waals surface area contributed by atoms with Crippen molar-refractivity contribution in [3.05, 3.63) is 34.6 Å². The van der Waals surface area contributed by atoms with E-state index in [0.717, 1.165) is 12.0 Å². The van der Waals surface area contributed by atoms with E-state index in [2.05, 4.69) is 13.8 Å². The Morgan fingerprint density at radius 2 is 2.19 bits per heavy atom. The van der Waals surface area contributed by atoms with Crippen LogP contribution in [0.1, 0.15) is 25.8 Å². The lowest BCUT2D eigenvalue weighted by Crippen LogP contribution is -2.27. The van der Waals surface area contributed by atoms with Crippen molar-refractivity contribution in [2.45, 2.75) is 32.7 Å². The van der Waals surface area contributed by atoms with Crippen LogP contribution in [0, 0.1) is 17.2 Å². The molecule has 1 aliphatic rings. The molecule has 0 spiro atoms. The Morgan fingerprint density at radius 3 is 2.69 bits per heavy atom. The zero-order chi connectivity index (χ0) is 11.9. The van der Waals surface area contributed by atoms with Crippen molar-refractivity contribution in [2.24, 2.45) is 17.1 Å². The first kappa shape index (κ1) is 11.9. The van der Waals surface area contributed by atoms with Gasteiger partial charge >= 0.3 is 0 Å². The first-order valence-corrected chi connectivity index (χ1v) is 5.97. The number of nitrogens with two attached hydrogens (primary N) is 1. The van der Waals surface area contributed by atoms with Gasteiger partial charge < -0.3 is 5.73 Å². The highest BCUT2D eigenvalue weighted by Crippen LogP contribution is 2.53. The van der Waals surface area contributed by atoms with Gasteiger partial charge in [-0.15, -0.1) is 0 Å². The van der Waals surface area contributed by atoms with Gasteiger partial charge in [0.15, 0.2) is 0 Å². The Hall–Kier alpha value is -0.600. The molecule has 1 nitrogen and oxygen atoms in total. The molecule has 2 N–H and O–H groups in total. The standard InChI is InChI=1S/C13H17ClFN/c1-13(2)7-10(13)12(16)5-8-3-4-9(15)6-11(8)14/h3-4,6,10,12H,5,7,16H2,1-2H3. The second-order valence-corrected chi connectivity index (χ2v) is 5.81. The third kappa shape index (κ3) is 2.38. The predicted molar refractivity (Wildman–Crippen MR) is 65.0 cm³/mol. The van der Waals surface area contributed by atoms with E-state index in [1.165, 1.54) is 18.6 Å². The molecule has 0 bridgehead atoms. The van der Waals surface area contributed by atoms with Gasteiger partial charge in [0.1, 0.15) is 5.82 Å². The van der Waals surface area contributed by atoms with Gasteiger partial charge in [-0.2, -0.15) is 0 Å². The summed E-state index contributed by atoms with van der Waals surface area (Å²) in [6.45, 7) is 4.45. The Balaban J connectivity index is 2.04. The highest BCUT2D eigenvalue weighted by atomic mass is 35.5.